The first-order valence-corrected chi connectivity index (χ1v) is 5.71. The lowest BCUT2D eigenvalue weighted by Crippen LogP contribution is -2.29. The van der Waals surface area contributed by atoms with Crippen molar-refractivity contribution in [1.29, 1.82) is 0 Å². The third kappa shape index (κ3) is 3.09. The molecule has 1 aliphatic rings. The van der Waals surface area contributed by atoms with E-state index in [1.807, 2.05) is 0 Å². The smallest absolute Gasteiger partial charge is 0.136 e. The molecule has 0 aromatic carbocycles. The summed E-state index contributed by atoms with van der Waals surface area (Å²) in [4.78, 5) is 11.6. The van der Waals surface area contributed by atoms with E-state index in [2.05, 4.69) is 13.8 Å². The van der Waals surface area contributed by atoms with E-state index < -0.39 is 0 Å². The number of hydrogen-bond acceptors (Lipinski definition) is 2. The van der Waals surface area contributed by atoms with Crippen LogP contribution in [-0.4, -0.2) is 17.0 Å². The van der Waals surface area contributed by atoms with Crippen LogP contribution in [-0.2, 0) is 4.79 Å². The highest BCUT2D eigenvalue weighted by Gasteiger charge is 2.30. The van der Waals surface area contributed by atoms with Crippen molar-refractivity contribution < 1.29 is 9.90 Å². The first kappa shape index (κ1) is 11.7. The van der Waals surface area contributed by atoms with Gasteiger partial charge in [-0.1, -0.05) is 13.8 Å². The predicted octanol–water partition coefficient (Wildman–Crippen LogP) is 2.40. The van der Waals surface area contributed by atoms with Gasteiger partial charge < -0.3 is 5.11 Å². The van der Waals surface area contributed by atoms with E-state index in [9.17, 15) is 9.90 Å². The number of Topliss-reactive ketones (excluding diaryl/α,β-unsaturated/α-hetero) is 1. The number of carbonyl (C=O) groups is 1. The maximum Gasteiger partial charge on any atom is 0.136 e. The summed E-state index contributed by atoms with van der Waals surface area (Å²) in [7, 11) is 0. The van der Waals surface area contributed by atoms with Crippen molar-refractivity contribution in [2.24, 2.45) is 17.8 Å². The third-order valence-electron chi connectivity index (χ3n) is 3.37. The van der Waals surface area contributed by atoms with Crippen molar-refractivity contribution in [3.63, 3.8) is 0 Å². The zero-order chi connectivity index (χ0) is 10.7. The van der Waals surface area contributed by atoms with Crippen molar-refractivity contribution in [2.75, 3.05) is 0 Å². The normalized spacial score (nSPS) is 30.8. The molecule has 0 aromatic heterocycles. The van der Waals surface area contributed by atoms with Crippen LogP contribution in [0.15, 0.2) is 0 Å². The van der Waals surface area contributed by atoms with Crippen LogP contribution < -0.4 is 0 Å². The molecule has 0 bridgehead atoms. The van der Waals surface area contributed by atoms with Crippen LogP contribution in [0.1, 0.15) is 46.5 Å². The summed E-state index contributed by atoms with van der Waals surface area (Å²) in [6.45, 7) is 6.21. The molecule has 0 radical (unpaired) electrons. The van der Waals surface area contributed by atoms with Crippen LogP contribution in [0.5, 0.6) is 0 Å². The van der Waals surface area contributed by atoms with Crippen LogP contribution in [0, 0.1) is 17.8 Å². The molecule has 1 fully saturated rings. The summed E-state index contributed by atoms with van der Waals surface area (Å²) in [5.41, 5.74) is 0. The summed E-state index contributed by atoms with van der Waals surface area (Å²) < 4.78 is 0. The van der Waals surface area contributed by atoms with Gasteiger partial charge in [0.2, 0.25) is 0 Å². The van der Waals surface area contributed by atoms with E-state index in [0.29, 0.717) is 24.0 Å². The highest BCUT2D eigenvalue weighted by atomic mass is 16.3. The first-order chi connectivity index (χ1) is 6.50. The minimum absolute atomic E-state index is 0.121. The number of aliphatic hydroxyl groups is 1. The maximum atomic E-state index is 11.6. The summed E-state index contributed by atoms with van der Waals surface area (Å²) in [6.07, 6.45) is 3.08. The summed E-state index contributed by atoms with van der Waals surface area (Å²) in [6, 6.07) is 0. The topological polar surface area (TPSA) is 37.3 Å². The molecule has 1 N–H and O–H groups in total. The highest BCUT2D eigenvalue weighted by molar-refractivity contribution is 5.81. The molecule has 0 aromatic rings. The molecular formula is C12H22O2. The van der Waals surface area contributed by atoms with E-state index in [0.717, 1.165) is 19.3 Å². The number of ketones is 1. The predicted molar refractivity (Wildman–Crippen MR) is 57.0 cm³/mol. The molecule has 3 atom stereocenters. The van der Waals surface area contributed by atoms with Crippen LogP contribution >= 0.6 is 0 Å². The molecule has 0 aliphatic heterocycles. The molecule has 0 spiro atoms. The highest BCUT2D eigenvalue weighted by Crippen LogP contribution is 2.33. The number of carbonyl (C=O) groups excluding carboxylic acids is 1. The average Bonchev–Trinajstić information content (AvgIpc) is 2.07. The summed E-state index contributed by atoms with van der Waals surface area (Å²) in [5.74, 6) is 1.83. The Morgan fingerprint density at radius 3 is 2.57 bits per heavy atom. The quantitative estimate of drug-likeness (QED) is 0.756. The fourth-order valence-electron chi connectivity index (χ4n) is 2.39. The van der Waals surface area contributed by atoms with E-state index in [1.165, 1.54) is 0 Å². The van der Waals surface area contributed by atoms with E-state index in [4.69, 9.17) is 0 Å². The van der Waals surface area contributed by atoms with Gasteiger partial charge in [0.05, 0.1) is 6.10 Å². The van der Waals surface area contributed by atoms with Gasteiger partial charge in [0.1, 0.15) is 5.78 Å². The lowest BCUT2D eigenvalue weighted by atomic mass is 9.74. The second-order valence-corrected chi connectivity index (χ2v) is 5.03. The number of rotatable bonds is 3. The van der Waals surface area contributed by atoms with E-state index in [1.54, 1.807) is 6.92 Å². The minimum atomic E-state index is -0.338. The molecule has 82 valence electrons. The monoisotopic (exact) mass is 198 g/mol. The lowest BCUT2D eigenvalue weighted by molar-refractivity contribution is -0.127. The fraction of sp³-hybridized carbons (Fsp3) is 0.917. The molecular weight excluding hydrogens is 176 g/mol. The van der Waals surface area contributed by atoms with Crippen molar-refractivity contribution in [3.05, 3.63) is 0 Å². The zero-order valence-electron chi connectivity index (χ0n) is 9.49. The van der Waals surface area contributed by atoms with E-state index in [-0.39, 0.29) is 12.0 Å². The Labute approximate surface area is 86.7 Å². The van der Waals surface area contributed by atoms with Gasteiger partial charge in [0, 0.05) is 12.3 Å². The van der Waals surface area contributed by atoms with Crippen LogP contribution in [0.25, 0.3) is 0 Å². The Morgan fingerprint density at radius 2 is 2.07 bits per heavy atom. The average molecular weight is 198 g/mol. The number of hydrogen-bond donors (Lipinski definition) is 1. The van der Waals surface area contributed by atoms with Gasteiger partial charge in [-0.3, -0.25) is 4.79 Å². The zero-order valence-corrected chi connectivity index (χ0v) is 9.49. The van der Waals surface area contributed by atoms with Crippen LogP contribution in [0.4, 0.5) is 0 Å². The molecule has 1 rings (SSSR count). The van der Waals surface area contributed by atoms with Gasteiger partial charge in [-0.05, 0) is 38.0 Å². The second kappa shape index (κ2) is 4.92. The van der Waals surface area contributed by atoms with Crippen molar-refractivity contribution >= 4 is 5.78 Å². The molecule has 0 saturated heterocycles. The van der Waals surface area contributed by atoms with Gasteiger partial charge in [-0.2, -0.15) is 0 Å². The first-order valence-electron chi connectivity index (χ1n) is 5.71. The Balaban J connectivity index is 2.51. The van der Waals surface area contributed by atoms with Gasteiger partial charge >= 0.3 is 0 Å². The second-order valence-electron chi connectivity index (χ2n) is 5.03. The maximum absolute atomic E-state index is 11.6. The van der Waals surface area contributed by atoms with Crippen LogP contribution in [0.3, 0.4) is 0 Å². The molecule has 0 heterocycles. The Morgan fingerprint density at radius 1 is 1.43 bits per heavy atom. The standard InChI is InChI=1S/C12H22O2/c1-8(2)10-4-5-12(14)11(7-10)6-9(3)13/h8-11,13H,4-7H2,1-3H3. The van der Waals surface area contributed by atoms with Crippen LogP contribution in [0.2, 0.25) is 0 Å². The molecule has 2 heteroatoms. The largest absolute Gasteiger partial charge is 0.393 e. The minimum Gasteiger partial charge on any atom is -0.393 e. The van der Waals surface area contributed by atoms with Gasteiger partial charge in [-0.25, -0.2) is 0 Å². The summed E-state index contributed by atoms with van der Waals surface area (Å²) in [5, 5.41) is 9.30. The van der Waals surface area contributed by atoms with Gasteiger partial charge in [0.15, 0.2) is 0 Å². The molecule has 0 amide bonds. The van der Waals surface area contributed by atoms with Gasteiger partial charge in [0.25, 0.3) is 0 Å². The van der Waals surface area contributed by atoms with Crippen molar-refractivity contribution in [3.8, 4) is 0 Å². The fourth-order valence-corrected chi connectivity index (χ4v) is 2.39. The Hall–Kier alpha value is -0.370. The lowest BCUT2D eigenvalue weighted by Gasteiger charge is -2.31. The molecule has 1 aliphatic carbocycles. The van der Waals surface area contributed by atoms with Gasteiger partial charge in [-0.15, -0.1) is 0 Å². The Kier molecular flexibility index (Phi) is 4.11. The van der Waals surface area contributed by atoms with Crippen molar-refractivity contribution in [2.45, 2.75) is 52.6 Å². The summed E-state index contributed by atoms with van der Waals surface area (Å²) >= 11 is 0. The third-order valence-corrected chi connectivity index (χ3v) is 3.37. The van der Waals surface area contributed by atoms with E-state index >= 15 is 0 Å². The number of aliphatic hydroxyl groups excluding tert-OH is 1. The molecule has 2 nitrogen and oxygen atoms in total. The Bertz CT molecular complexity index is 196. The van der Waals surface area contributed by atoms with Crippen molar-refractivity contribution in [1.82, 2.24) is 0 Å². The molecule has 3 unspecified atom stereocenters. The molecule has 1 saturated carbocycles. The SMILES string of the molecule is CC(O)CC1CC(C(C)C)CCC1=O. The molecule has 14 heavy (non-hydrogen) atoms.